The molecule has 2 atom stereocenters. The van der Waals surface area contributed by atoms with Crippen LogP contribution in [0.2, 0.25) is 0 Å². The summed E-state index contributed by atoms with van der Waals surface area (Å²) in [6.07, 6.45) is 0.798. The van der Waals surface area contributed by atoms with E-state index >= 15 is 0 Å². The van der Waals surface area contributed by atoms with Crippen molar-refractivity contribution in [3.63, 3.8) is 0 Å². The average Bonchev–Trinajstić information content (AvgIpc) is 2.17. The summed E-state index contributed by atoms with van der Waals surface area (Å²) in [7, 11) is 1.44. The number of hydrogen-bond acceptors (Lipinski definition) is 4. The van der Waals surface area contributed by atoms with Crippen molar-refractivity contribution in [1.82, 2.24) is 5.32 Å². The fraction of sp³-hybridized carbons (Fsp3) is 0.909. The van der Waals surface area contributed by atoms with E-state index in [1.165, 1.54) is 7.11 Å². The molecule has 0 aromatic carbocycles. The topological polar surface area (TPSA) is 38.3 Å². The lowest BCUT2D eigenvalue weighted by molar-refractivity contribution is -0.148. The van der Waals surface area contributed by atoms with Crippen molar-refractivity contribution in [2.24, 2.45) is 0 Å². The first kappa shape index (κ1) is 14.8. The second-order valence-electron chi connectivity index (χ2n) is 3.82. The van der Waals surface area contributed by atoms with Crippen molar-refractivity contribution in [1.29, 1.82) is 0 Å². The molecule has 0 aromatic heterocycles. The molecule has 3 nitrogen and oxygen atoms in total. The number of hydrogen-bond donors (Lipinski definition) is 1. The first-order valence-electron chi connectivity index (χ1n) is 5.45. The number of esters is 1. The molecular weight excluding hydrogens is 210 g/mol. The Hall–Kier alpha value is -0.220. The zero-order chi connectivity index (χ0) is 11.9. The molecule has 0 aliphatic rings. The zero-order valence-electron chi connectivity index (χ0n) is 10.4. The van der Waals surface area contributed by atoms with Crippen LogP contribution < -0.4 is 5.32 Å². The van der Waals surface area contributed by atoms with Crippen LogP contribution in [-0.2, 0) is 9.53 Å². The van der Waals surface area contributed by atoms with E-state index in [4.69, 9.17) is 4.74 Å². The van der Waals surface area contributed by atoms with E-state index in [9.17, 15) is 4.79 Å². The Morgan fingerprint density at radius 3 is 2.53 bits per heavy atom. The number of ether oxygens (including phenoxy) is 1. The maximum atomic E-state index is 11.7. The molecule has 0 bridgehead atoms. The molecule has 0 saturated carbocycles. The van der Waals surface area contributed by atoms with Gasteiger partial charge < -0.3 is 10.1 Å². The Kier molecular flexibility index (Phi) is 7.02. The SMILES string of the molecule is CCNC(C)(CC(C)SCC)C(=O)OC. The molecule has 0 aliphatic heterocycles. The van der Waals surface area contributed by atoms with Crippen LogP contribution in [-0.4, -0.2) is 36.2 Å². The molecule has 0 spiro atoms. The molecule has 15 heavy (non-hydrogen) atoms. The molecule has 90 valence electrons. The Bertz CT molecular complexity index is 199. The third kappa shape index (κ3) is 4.89. The smallest absolute Gasteiger partial charge is 0.325 e. The van der Waals surface area contributed by atoms with Crippen LogP contribution in [0.3, 0.4) is 0 Å². The lowest BCUT2D eigenvalue weighted by Crippen LogP contribution is -2.51. The monoisotopic (exact) mass is 233 g/mol. The quantitative estimate of drug-likeness (QED) is 0.683. The Morgan fingerprint density at radius 1 is 1.53 bits per heavy atom. The summed E-state index contributed by atoms with van der Waals surface area (Å²) in [5, 5.41) is 3.67. The van der Waals surface area contributed by atoms with Gasteiger partial charge in [-0.1, -0.05) is 20.8 Å². The highest BCUT2D eigenvalue weighted by atomic mass is 32.2. The zero-order valence-corrected chi connectivity index (χ0v) is 11.2. The van der Waals surface area contributed by atoms with E-state index in [0.29, 0.717) is 5.25 Å². The second-order valence-corrected chi connectivity index (χ2v) is 5.54. The predicted molar refractivity (Wildman–Crippen MR) is 66.3 cm³/mol. The Morgan fingerprint density at radius 2 is 2.13 bits per heavy atom. The molecular formula is C11H23NO2S. The third-order valence-electron chi connectivity index (χ3n) is 2.35. The lowest BCUT2D eigenvalue weighted by atomic mass is 9.96. The molecule has 0 radical (unpaired) electrons. The molecule has 0 aliphatic carbocycles. The van der Waals surface area contributed by atoms with Gasteiger partial charge in [-0.2, -0.15) is 11.8 Å². The summed E-state index contributed by atoms with van der Waals surface area (Å²) in [6, 6.07) is 0. The molecule has 0 saturated heterocycles. The van der Waals surface area contributed by atoms with Gasteiger partial charge in [-0.3, -0.25) is 4.79 Å². The molecule has 0 heterocycles. The summed E-state index contributed by atoms with van der Waals surface area (Å²) in [4.78, 5) is 11.7. The maximum Gasteiger partial charge on any atom is 0.325 e. The van der Waals surface area contributed by atoms with Gasteiger partial charge in [0, 0.05) is 5.25 Å². The van der Waals surface area contributed by atoms with Crippen molar-refractivity contribution in [2.75, 3.05) is 19.4 Å². The fourth-order valence-corrected chi connectivity index (χ4v) is 2.78. The predicted octanol–water partition coefficient (Wildman–Crippen LogP) is 2.06. The van der Waals surface area contributed by atoms with Crippen molar-refractivity contribution in [3.05, 3.63) is 0 Å². The van der Waals surface area contributed by atoms with Gasteiger partial charge >= 0.3 is 5.97 Å². The first-order valence-corrected chi connectivity index (χ1v) is 6.50. The lowest BCUT2D eigenvalue weighted by Gasteiger charge is -2.30. The second kappa shape index (κ2) is 7.12. The minimum Gasteiger partial charge on any atom is -0.468 e. The van der Waals surface area contributed by atoms with E-state index in [1.807, 2.05) is 25.6 Å². The van der Waals surface area contributed by atoms with Crippen molar-refractivity contribution in [3.8, 4) is 0 Å². The summed E-state index contributed by atoms with van der Waals surface area (Å²) in [5.74, 6) is 0.901. The average molecular weight is 233 g/mol. The molecule has 4 heteroatoms. The number of rotatable bonds is 7. The Balaban J connectivity index is 4.42. The van der Waals surface area contributed by atoms with E-state index in [0.717, 1.165) is 18.7 Å². The molecule has 0 rings (SSSR count). The van der Waals surface area contributed by atoms with E-state index in [2.05, 4.69) is 19.2 Å². The van der Waals surface area contributed by atoms with Crippen LogP contribution in [0.4, 0.5) is 0 Å². The van der Waals surface area contributed by atoms with E-state index in [1.54, 1.807) is 0 Å². The summed E-state index contributed by atoms with van der Waals surface area (Å²) >= 11 is 1.86. The van der Waals surface area contributed by atoms with Gasteiger partial charge in [-0.05, 0) is 25.6 Å². The van der Waals surface area contributed by atoms with Crippen molar-refractivity contribution >= 4 is 17.7 Å². The van der Waals surface area contributed by atoms with Gasteiger partial charge in [0.05, 0.1) is 7.11 Å². The van der Waals surface area contributed by atoms with Crippen molar-refractivity contribution < 1.29 is 9.53 Å². The fourth-order valence-electron chi connectivity index (χ4n) is 1.76. The molecule has 0 amide bonds. The van der Waals surface area contributed by atoms with Crippen molar-refractivity contribution in [2.45, 2.75) is 44.9 Å². The number of methoxy groups -OCH3 is 1. The summed E-state index contributed by atoms with van der Waals surface area (Å²) < 4.78 is 4.84. The highest BCUT2D eigenvalue weighted by molar-refractivity contribution is 7.99. The first-order chi connectivity index (χ1) is 7.00. The van der Waals surface area contributed by atoms with Gasteiger partial charge in [-0.25, -0.2) is 0 Å². The van der Waals surface area contributed by atoms with Crippen LogP contribution in [0.15, 0.2) is 0 Å². The highest BCUT2D eigenvalue weighted by Gasteiger charge is 2.34. The van der Waals surface area contributed by atoms with Crippen LogP contribution >= 0.6 is 11.8 Å². The molecule has 0 fully saturated rings. The van der Waals surface area contributed by atoms with E-state index < -0.39 is 5.54 Å². The number of thioether (sulfide) groups is 1. The normalized spacial score (nSPS) is 16.9. The molecule has 2 unspecified atom stereocenters. The van der Waals surface area contributed by atoms with Gasteiger partial charge in [0.25, 0.3) is 0 Å². The van der Waals surface area contributed by atoms with Crippen LogP contribution in [0.5, 0.6) is 0 Å². The van der Waals surface area contributed by atoms with Crippen LogP contribution in [0, 0.1) is 0 Å². The highest BCUT2D eigenvalue weighted by Crippen LogP contribution is 2.22. The number of likely N-dealkylation sites (N-methyl/N-ethyl adjacent to an activating group) is 1. The molecule has 1 N–H and O–H groups in total. The standard InChI is InChI=1S/C11H23NO2S/c1-6-12-11(4,10(13)14-5)8-9(3)15-7-2/h9,12H,6-8H2,1-5H3. The van der Waals surface area contributed by atoms with Gasteiger partial charge in [0.15, 0.2) is 0 Å². The number of nitrogens with one attached hydrogen (secondary N) is 1. The van der Waals surface area contributed by atoms with Gasteiger partial charge in [-0.15, -0.1) is 0 Å². The number of carbonyl (C=O) groups excluding carboxylic acids is 1. The maximum absolute atomic E-state index is 11.7. The third-order valence-corrected chi connectivity index (χ3v) is 3.42. The largest absolute Gasteiger partial charge is 0.468 e. The van der Waals surface area contributed by atoms with Gasteiger partial charge in [0.1, 0.15) is 5.54 Å². The Labute approximate surface area is 97.3 Å². The molecule has 0 aromatic rings. The van der Waals surface area contributed by atoms with E-state index in [-0.39, 0.29) is 5.97 Å². The summed E-state index contributed by atoms with van der Waals surface area (Å²) in [5.41, 5.74) is -0.551. The minimum absolute atomic E-state index is 0.173. The number of carbonyl (C=O) groups is 1. The summed E-state index contributed by atoms with van der Waals surface area (Å²) in [6.45, 7) is 8.96. The minimum atomic E-state index is -0.551. The van der Waals surface area contributed by atoms with Crippen LogP contribution in [0.25, 0.3) is 0 Å². The van der Waals surface area contributed by atoms with Gasteiger partial charge in [0.2, 0.25) is 0 Å². The van der Waals surface area contributed by atoms with Crippen LogP contribution in [0.1, 0.15) is 34.1 Å².